The minimum Gasteiger partial charge on any atom is -0.491 e. The van der Waals surface area contributed by atoms with Gasteiger partial charge in [0.2, 0.25) is 0 Å². The van der Waals surface area contributed by atoms with Crippen molar-refractivity contribution in [3.8, 4) is 5.75 Å². The molecule has 1 amide bonds. The molecule has 1 fully saturated rings. The monoisotopic (exact) mass is 404 g/mol. The minimum absolute atomic E-state index is 0.0384. The molecule has 0 atom stereocenters. The molecule has 2 aliphatic heterocycles. The van der Waals surface area contributed by atoms with Gasteiger partial charge in [0.15, 0.2) is 0 Å². The molecule has 154 valence electrons. The van der Waals surface area contributed by atoms with Gasteiger partial charge in [-0.1, -0.05) is 12.1 Å². The summed E-state index contributed by atoms with van der Waals surface area (Å²) in [5, 5.41) is 0. The number of benzene rings is 2. The zero-order valence-corrected chi connectivity index (χ0v) is 16.0. The van der Waals surface area contributed by atoms with Crippen molar-refractivity contribution in [1.29, 1.82) is 0 Å². The zero-order chi connectivity index (χ0) is 20.4. The van der Waals surface area contributed by atoms with Gasteiger partial charge in [0.1, 0.15) is 12.4 Å². The summed E-state index contributed by atoms with van der Waals surface area (Å²) in [6.45, 7) is 3.99. The summed E-state index contributed by atoms with van der Waals surface area (Å²) in [5.41, 5.74) is 1.27. The molecule has 2 aliphatic rings. The van der Waals surface area contributed by atoms with Crippen molar-refractivity contribution < 1.29 is 22.7 Å². The molecule has 0 aromatic heterocycles. The van der Waals surface area contributed by atoms with Crippen molar-refractivity contribution in [2.75, 3.05) is 26.2 Å². The fourth-order valence-electron chi connectivity index (χ4n) is 3.93. The van der Waals surface area contributed by atoms with Crippen LogP contribution in [-0.2, 0) is 19.3 Å². The van der Waals surface area contributed by atoms with Gasteiger partial charge in [-0.25, -0.2) is 0 Å². The highest BCUT2D eigenvalue weighted by atomic mass is 19.4. The molecular weight excluding hydrogens is 381 g/mol. The van der Waals surface area contributed by atoms with Crippen LogP contribution < -0.4 is 4.74 Å². The molecule has 1 saturated heterocycles. The Morgan fingerprint density at radius 1 is 1.03 bits per heavy atom. The van der Waals surface area contributed by atoms with E-state index in [1.54, 1.807) is 4.90 Å². The van der Waals surface area contributed by atoms with E-state index in [2.05, 4.69) is 4.90 Å². The average molecular weight is 404 g/mol. The Morgan fingerprint density at radius 3 is 2.59 bits per heavy atom. The molecule has 0 radical (unpaired) electrons. The van der Waals surface area contributed by atoms with E-state index in [9.17, 15) is 18.0 Å². The second-order valence-electron chi connectivity index (χ2n) is 7.58. The standard InChI is InChI=1S/C22H23F3N2O2/c23-22(24,25)19-5-3-4-17(13-19)21(28)27-10-11-29-20-7-6-16(12-18(20)15-27)14-26-8-1-2-9-26/h3-7,12-13H,1-2,8-11,14-15H2. The number of ether oxygens (including phenoxy) is 1. The summed E-state index contributed by atoms with van der Waals surface area (Å²) >= 11 is 0. The lowest BCUT2D eigenvalue weighted by molar-refractivity contribution is -0.137. The number of nitrogens with zero attached hydrogens (tertiary/aromatic N) is 2. The Balaban J connectivity index is 1.54. The maximum atomic E-state index is 13.0. The lowest BCUT2D eigenvalue weighted by atomic mass is 10.1. The Hall–Kier alpha value is -2.54. The fraction of sp³-hybridized carbons (Fsp3) is 0.409. The second-order valence-corrected chi connectivity index (χ2v) is 7.58. The first-order valence-electron chi connectivity index (χ1n) is 9.84. The van der Waals surface area contributed by atoms with E-state index < -0.39 is 17.6 Å². The number of carbonyl (C=O) groups is 1. The molecule has 7 heteroatoms. The summed E-state index contributed by atoms with van der Waals surface area (Å²) < 4.78 is 44.8. The summed E-state index contributed by atoms with van der Waals surface area (Å²) in [6.07, 6.45) is -2.05. The first-order chi connectivity index (χ1) is 13.9. The highest BCUT2D eigenvalue weighted by Crippen LogP contribution is 2.30. The average Bonchev–Trinajstić information content (AvgIpc) is 3.11. The van der Waals surface area contributed by atoms with E-state index in [0.717, 1.165) is 48.6 Å². The third-order valence-corrected chi connectivity index (χ3v) is 5.43. The molecule has 2 aromatic rings. The molecule has 0 spiro atoms. The lowest BCUT2D eigenvalue weighted by Gasteiger charge is -2.21. The largest absolute Gasteiger partial charge is 0.491 e. The van der Waals surface area contributed by atoms with Gasteiger partial charge in [0, 0.05) is 24.2 Å². The normalized spacial score (nSPS) is 17.6. The van der Waals surface area contributed by atoms with Crippen LogP contribution in [0.3, 0.4) is 0 Å². The quantitative estimate of drug-likeness (QED) is 0.763. The third-order valence-electron chi connectivity index (χ3n) is 5.43. The predicted molar refractivity (Wildman–Crippen MR) is 103 cm³/mol. The Bertz CT molecular complexity index is 892. The van der Waals surface area contributed by atoms with Gasteiger partial charge in [-0.3, -0.25) is 9.69 Å². The zero-order valence-electron chi connectivity index (χ0n) is 16.0. The van der Waals surface area contributed by atoms with Crippen molar-refractivity contribution in [2.45, 2.75) is 32.1 Å². The van der Waals surface area contributed by atoms with Crippen LogP contribution in [-0.4, -0.2) is 41.9 Å². The Morgan fingerprint density at radius 2 is 1.83 bits per heavy atom. The number of fused-ring (bicyclic) bond motifs is 1. The molecule has 0 N–H and O–H groups in total. The van der Waals surface area contributed by atoms with Gasteiger partial charge >= 0.3 is 6.18 Å². The SMILES string of the molecule is O=C(c1cccc(C(F)(F)F)c1)N1CCOc2ccc(CN3CCCC3)cc2C1. The van der Waals surface area contributed by atoms with Crippen LogP contribution in [0.25, 0.3) is 0 Å². The number of alkyl halides is 3. The minimum atomic E-state index is -4.48. The van der Waals surface area contributed by atoms with Crippen molar-refractivity contribution >= 4 is 5.91 Å². The molecule has 4 nitrogen and oxygen atoms in total. The summed E-state index contributed by atoms with van der Waals surface area (Å²) in [6, 6.07) is 10.6. The van der Waals surface area contributed by atoms with Crippen molar-refractivity contribution in [1.82, 2.24) is 9.80 Å². The molecule has 0 aliphatic carbocycles. The van der Waals surface area contributed by atoms with E-state index >= 15 is 0 Å². The van der Waals surface area contributed by atoms with E-state index in [1.165, 1.54) is 25.0 Å². The molecular formula is C22H23F3N2O2. The van der Waals surface area contributed by atoms with Gasteiger partial charge in [-0.15, -0.1) is 0 Å². The number of amides is 1. The molecule has 4 rings (SSSR count). The van der Waals surface area contributed by atoms with Crippen LogP contribution in [0.15, 0.2) is 42.5 Å². The predicted octanol–water partition coefficient (Wildman–Crippen LogP) is 4.34. The maximum Gasteiger partial charge on any atom is 0.416 e. The molecule has 0 saturated carbocycles. The van der Waals surface area contributed by atoms with Crippen LogP contribution in [0, 0.1) is 0 Å². The van der Waals surface area contributed by atoms with Crippen LogP contribution in [0.2, 0.25) is 0 Å². The first kappa shape index (κ1) is 19.8. The van der Waals surface area contributed by atoms with Crippen molar-refractivity contribution in [3.63, 3.8) is 0 Å². The number of hydrogen-bond donors (Lipinski definition) is 0. The smallest absolute Gasteiger partial charge is 0.416 e. The highest BCUT2D eigenvalue weighted by Gasteiger charge is 2.31. The maximum absolute atomic E-state index is 13.0. The highest BCUT2D eigenvalue weighted by molar-refractivity contribution is 5.94. The summed E-state index contributed by atoms with van der Waals surface area (Å²) in [7, 11) is 0. The Labute approximate surface area is 167 Å². The summed E-state index contributed by atoms with van der Waals surface area (Å²) in [4.78, 5) is 16.9. The van der Waals surface area contributed by atoms with Crippen LogP contribution in [0.4, 0.5) is 13.2 Å². The van der Waals surface area contributed by atoms with Gasteiger partial charge in [0.25, 0.3) is 5.91 Å². The number of likely N-dealkylation sites (tertiary alicyclic amines) is 1. The van der Waals surface area contributed by atoms with Crippen LogP contribution >= 0.6 is 0 Å². The van der Waals surface area contributed by atoms with Crippen molar-refractivity contribution in [3.05, 3.63) is 64.7 Å². The van der Waals surface area contributed by atoms with Gasteiger partial charge in [-0.05, 0) is 61.8 Å². The molecule has 29 heavy (non-hydrogen) atoms. The second kappa shape index (κ2) is 8.06. The van der Waals surface area contributed by atoms with Crippen molar-refractivity contribution in [2.24, 2.45) is 0 Å². The van der Waals surface area contributed by atoms with Crippen LogP contribution in [0.1, 0.15) is 39.9 Å². The van der Waals surface area contributed by atoms with E-state index in [4.69, 9.17) is 4.74 Å². The van der Waals surface area contributed by atoms with Gasteiger partial charge in [-0.2, -0.15) is 13.2 Å². The van der Waals surface area contributed by atoms with Crippen LogP contribution in [0.5, 0.6) is 5.75 Å². The summed E-state index contributed by atoms with van der Waals surface area (Å²) in [5.74, 6) is 0.312. The Kier molecular flexibility index (Phi) is 5.50. The number of rotatable bonds is 3. The number of halogens is 3. The first-order valence-corrected chi connectivity index (χ1v) is 9.84. The van der Waals surface area contributed by atoms with E-state index in [0.29, 0.717) is 19.7 Å². The number of carbonyl (C=O) groups excluding carboxylic acids is 1. The van der Waals surface area contributed by atoms with Gasteiger partial charge < -0.3 is 9.64 Å². The van der Waals surface area contributed by atoms with Gasteiger partial charge in [0.05, 0.1) is 12.1 Å². The number of hydrogen-bond acceptors (Lipinski definition) is 3. The molecule has 2 aromatic carbocycles. The molecule has 2 heterocycles. The fourth-order valence-corrected chi connectivity index (χ4v) is 3.93. The third kappa shape index (κ3) is 4.56. The molecule has 0 unspecified atom stereocenters. The van der Waals surface area contributed by atoms with E-state index in [1.807, 2.05) is 18.2 Å². The topological polar surface area (TPSA) is 32.8 Å². The lowest BCUT2D eigenvalue weighted by Crippen LogP contribution is -2.32. The van der Waals surface area contributed by atoms with E-state index in [-0.39, 0.29) is 5.56 Å². The molecule has 0 bridgehead atoms.